The first kappa shape index (κ1) is 12.6. The van der Waals surface area contributed by atoms with E-state index in [0.29, 0.717) is 0 Å². The lowest BCUT2D eigenvalue weighted by atomic mass is 10.0. The summed E-state index contributed by atoms with van der Waals surface area (Å²) in [4.78, 5) is 11.1. The highest BCUT2D eigenvalue weighted by atomic mass is 19.2. The summed E-state index contributed by atoms with van der Waals surface area (Å²) in [6, 6.07) is 2.80. The molecule has 0 spiro atoms. The number of hydrogen-bond acceptors (Lipinski definition) is 3. The highest BCUT2D eigenvalue weighted by Gasteiger charge is 2.18. The van der Waals surface area contributed by atoms with E-state index in [2.05, 4.69) is 4.74 Å². The summed E-state index contributed by atoms with van der Waals surface area (Å²) in [5.41, 5.74) is 5.57. The van der Waals surface area contributed by atoms with Gasteiger partial charge in [0, 0.05) is 11.6 Å². The number of halogens is 2. The third-order valence-electron chi connectivity index (χ3n) is 2.07. The molecule has 0 aliphatic heterocycles. The Morgan fingerprint density at radius 3 is 2.81 bits per heavy atom. The molecule has 0 unspecified atom stereocenters. The number of ether oxygens (including phenoxy) is 1. The number of carbonyl (C=O) groups excluding carboxylic acids is 1. The molecule has 3 nitrogen and oxygen atoms in total. The van der Waals surface area contributed by atoms with Crippen LogP contribution < -0.4 is 5.73 Å². The summed E-state index contributed by atoms with van der Waals surface area (Å²) in [5, 5.41) is 0. The van der Waals surface area contributed by atoms with Crippen LogP contribution in [0.25, 0.3) is 0 Å². The molecule has 0 aromatic heterocycles. The zero-order valence-corrected chi connectivity index (χ0v) is 8.87. The Morgan fingerprint density at radius 2 is 2.19 bits per heavy atom. The zero-order chi connectivity index (χ0) is 12.1. The molecule has 16 heavy (non-hydrogen) atoms. The number of benzene rings is 1. The normalized spacial score (nSPS) is 12.2. The second kappa shape index (κ2) is 5.55. The van der Waals surface area contributed by atoms with E-state index in [-0.39, 0.29) is 18.6 Å². The molecular weight excluding hydrogens is 216 g/mol. The Hall–Kier alpha value is -1.49. The van der Waals surface area contributed by atoms with Gasteiger partial charge < -0.3 is 10.5 Å². The zero-order valence-electron chi connectivity index (χ0n) is 8.87. The Morgan fingerprint density at radius 1 is 1.50 bits per heavy atom. The molecule has 1 aromatic carbocycles. The van der Waals surface area contributed by atoms with Crippen molar-refractivity contribution in [3.63, 3.8) is 0 Å². The molecule has 0 radical (unpaired) electrons. The quantitative estimate of drug-likeness (QED) is 0.802. The summed E-state index contributed by atoms with van der Waals surface area (Å²) in [5.74, 6) is -2.52. The molecule has 1 aromatic rings. The first-order valence-corrected chi connectivity index (χ1v) is 4.91. The lowest BCUT2D eigenvalue weighted by Crippen LogP contribution is -2.18. The highest BCUT2D eigenvalue weighted by molar-refractivity contribution is 5.70. The Balaban J connectivity index is 2.76. The van der Waals surface area contributed by atoms with Gasteiger partial charge in [0.1, 0.15) is 0 Å². The molecule has 5 heteroatoms. The summed E-state index contributed by atoms with van der Waals surface area (Å²) in [6.07, 6.45) is -0.172. The molecule has 88 valence electrons. The van der Waals surface area contributed by atoms with Crippen LogP contribution in [0.2, 0.25) is 0 Å². The number of rotatable bonds is 4. The molecule has 0 fully saturated rings. The third-order valence-corrected chi connectivity index (χ3v) is 2.07. The maximum atomic E-state index is 13.3. The smallest absolute Gasteiger partial charge is 0.307 e. The van der Waals surface area contributed by atoms with Crippen molar-refractivity contribution in [2.75, 3.05) is 6.61 Å². The van der Waals surface area contributed by atoms with Crippen LogP contribution in [0.15, 0.2) is 18.2 Å². The fourth-order valence-corrected chi connectivity index (χ4v) is 1.32. The predicted molar refractivity (Wildman–Crippen MR) is 54.5 cm³/mol. The van der Waals surface area contributed by atoms with Crippen LogP contribution in [0, 0.1) is 11.6 Å². The maximum Gasteiger partial charge on any atom is 0.307 e. The van der Waals surface area contributed by atoms with Crippen LogP contribution in [0.4, 0.5) is 8.78 Å². The van der Waals surface area contributed by atoms with E-state index in [4.69, 9.17) is 5.73 Å². The minimum atomic E-state index is -1.01. The first-order valence-electron chi connectivity index (χ1n) is 4.91. The molecule has 0 aliphatic carbocycles. The van der Waals surface area contributed by atoms with Crippen molar-refractivity contribution in [1.29, 1.82) is 0 Å². The minimum absolute atomic E-state index is 0.0203. The number of esters is 1. The molecule has 0 aliphatic rings. The molecule has 0 heterocycles. The fraction of sp³-hybridized carbons (Fsp3) is 0.364. The molecule has 0 amide bonds. The topological polar surface area (TPSA) is 52.3 Å². The highest BCUT2D eigenvalue weighted by Crippen LogP contribution is 2.20. The van der Waals surface area contributed by atoms with Crippen molar-refractivity contribution >= 4 is 5.97 Å². The van der Waals surface area contributed by atoms with Gasteiger partial charge in [-0.3, -0.25) is 4.79 Å². The van der Waals surface area contributed by atoms with E-state index in [1.54, 1.807) is 6.92 Å². The Labute approximate surface area is 92.2 Å². The average molecular weight is 229 g/mol. The first-order chi connectivity index (χ1) is 7.56. The summed E-state index contributed by atoms with van der Waals surface area (Å²) >= 11 is 0. The summed E-state index contributed by atoms with van der Waals surface area (Å²) in [7, 11) is 0. The van der Waals surface area contributed by atoms with Crippen molar-refractivity contribution in [2.45, 2.75) is 19.4 Å². The van der Waals surface area contributed by atoms with Crippen LogP contribution in [-0.4, -0.2) is 12.6 Å². The van der Waals surface area contributed by atoms with E-state index < -0.39 is 23.6 Å². The molecule has 2 N–H and O–H groups in total. The largest absolute Gasteiger partial charge is 0.466 e. The van der Waals surface area contributed by atoms with Crippen LogP contribution in [0.1, 0.15) is 24.9 Å². The van der Waals surface area contributed by atoms with Gasteiger partial charge in [-0.2, -0.15) is 0 Å². The predicted octanol–water partition coefficient (Wildman–Crippen LogP) is 1.92. The fourth-order valence-electron chi connectivity index (χ4n) is 1.32. The van der Waals surface area contributed by atoms with Gasteiger partial charge in [0.2, 0.25) is 0 Å². The summed E-state index contributed by atoms with van der Waals surface area (Å²) < 4.78 is 30.8. The Kier molecular flexibility index (Phi) is 4.37. The van der Waals surface area contributed by atoms with Gasteiger partial charge in [-0.1, -0.05) is 12.1 Å². The molecule has 0 saturated carbocycles. The number of carbonyl (C=O) groups is 1. The van der Waals surface area contributed by atoms with Crippen LogP contribution in [0.5, 0.6) is 0 Å². The lowest BCUT2D eigenvalue weighted by Gasteiger charge is -2.12. The Bertz CT molecular complexity index is 382. The molecule has 0 bridgehead atoms. The second-order valence-corrected chi connectivity index (χ2v) is 3.26. The van der Waals surface area contributed by atoms with E-state index in [1.165, 1.54) is 12.1 Å². The van der Waals surface area contributed by atoms with Gasteiger partial charge in [0.15, 0.2) is 11.6 Å². The minimum Gasteiger partial charge on any atom is -0.466 e. The lowest BCUT2D eigenvalue weighted by molar-refractivity contribution is -0.143. The van der Waals surface area contributed by atoms with E-state index in [9.17, 15) is 13.6 Å². The number of nitrogens with two attached hydrogens (primary N) is 1. The maximum absolute atomic E-state index is 13.3. The van der Waals surface area contributed by atoms with Gasteiger partial charge in [0.25, 0.3) is 0 Å². The SMILES string of the molecule is CCOC(=O)C[C@H](N)c1cccc(F)c1F. The van der Waals surface area contributed by atoms with Crippen LogP contribution in [0.3, 0.4) is 0 Å². The van der Waals surface area contributed by atoms with Crippen LogP contribution in [-0.2, 0) is 9.53 Å². The molecule has 1 rings (SSSR count). The molecule has 0 saturated heterocycles. The van der Waals surface area contributed by atoms with Crippen molar-refractivity contribution in [1.82, 2.24) is 0 Å². The van der Waals surface area contributed by atoms with Gasteiger partial charge in [-0.15, -0.1) is 0 Å². The monoisotopic (exact) mass is 229 g/mol. The van der Waals surface area contributed by atoms with E-state index >= 15 is 0 Å². The van der Waals surface area contributed by atoms with E-state index in [1.807, 2.05) is 0 Å². The average Bonchev–Trinajstić information content (AvgIpc) is 2.22. The van der Waals surface area contributed by atoms with E-state index in [0.717, 1.165) is 6.07 Å². The van der Waals surface area contributed by atoms with Gasteiger partial charge >= 0.3 is 5.97 Å². The van der Waals surface area contributed by atoms with Crippen LogP contribution >= 0.6 is 0 Å². The molecule has 1 atom stereocenters. The van der Waals surface area contributed by atoms with Crippen molar-refractivity contribution in [3.05, 3.63) is 35.4 Å². The number of hydrogen-bond donors (Lipinski definition) is 1. The third kappa shape index (κ3) is 3.00. The summed E-state index contributed by atoms with van der Waals surface area (Å²) in [6.45, 7) is 1.89. The van der Waals surface area contributed by atoms with Gasteiger partial charge in [-0.25, -0.2) is 8.78 Å². The van der Waals surface area contributed by atoms with Gasteiger partial charge in [0.05, 0.1) is 13.0 Å². The van der Waals surface area contributed by atoms with Crippen molar-refractivity contribution in [3.8, 4) is 0 Å². The van der Waals surface area contributed by atoms with Crippen molar-refractivity contribution < 1.29 is 18.3 Å². The van der Waals surface area contributed by atoms with Gasteiger partial charge in [-0.05, 0) is 13.0 Å². The van der Waals surface area contributed by atoms with Crippen molar-refractivity contribution in [2.24, 2.45) is 5.73 Å². The standard InChI is InChI=1S/C11H13F2NO2/c1-2-16-10(15)6-9(14)7-4-3-5-8(12)11(7)13/h3-5,9H,2,6,14H2,1H3/t9-/m0/s1. The molecular formula is C11H13F2NO2. The second-order valence-electron chi connectivity index (χ2n) is 3.26.